The van der Waals surface area contributed by atoms with E-state index in [2.05, 4.69) is 10.6 Å². The third-order valence-electron chi connectivity index (χ3n) is 2.21. The van der Waals surface area contributed by atoms with E-state index in [0.717, 1.165) is 5.69 Å². The largest absolute Gasteiger partial charge is 0.444 e. The molecule has 1 atom stereocenters. The molecule has 0 aliphatic heterocycles. The maximum atomic E-state index is 12.7. The van der Waals surface area contributed by atoms with E-state index in [-0.39, 0.29) is 11.9 Å². The second-order valence-electron chi connectivity index (χ2n) is 5.44. The Morgan fingerprint density at radius 2 is 1.89 bits per heavy atom. The van der Waals surface area contributed by atoms with Crippen LogP contribution in [0.1, 0.15) is 27.7 Å². The molecule has 4 nitrogen and oxygen atoms in total. The monoisotopic (exact) mass is 268 g/mol. The summed E-state index contributed by atoms with van der Waals surface area (Å²) in [6.07, 6.45) is -0.444. The van der Waals surface area contributed by atoms with Crippen LogP contribution in [0.2, 0.25) is 0 Å². The number of rotatable bonds is 4. The molecule has 0 heterocycles. The van der Waals surface area contributed by atoms with Crippen LogP contribution < -0.4 is 10.6 Å². The summed E-state index contributed by atoms with van der Waals surface area (Å²) in [4.78, 5) is 11.4. The van der Waals surface area contributed by atoms with Gasteiger partial charge in [-0.3, -0.25) is 0 Å². The predicted molar refractivity (Wildman–Crippen MR) is 73.7 cm³/mol. The van der Waals surface area contributed by atoms with Gasteiger partial charge in [-0.2, -0.15) is 0 Å². The number of benzene rings is 1. The number of ether oxygens (including phenoxy) is 1. The molecule has 106 valence electrons. The summed E-state index contributed by atoms with van der Waals surface area (Å²) in [6, 6.07) is 6.09. The van der Waals surface area contributed by atoms with Crippen molar-refractivity contribution in [3.05, 3.63) is 30.1 Å². The zero-order valence-corrected chi connectivity index (χ0v) is 11.8. The Bertz CT molecular complexity index is 412. The minimum atomic E-state index is -0.502. The number of hydrogen-bond donors (Lipinski definition) is 2. The molecule has 1 aromatic rings. The normalized spacial score (nSPS) is 12.7. The van der Waals surface area contributed by atoms with Crippen molar-refractivity contribution in [1.29, 1.82) is 0 Å². The summed E-state index contributed by atoms with van der Waals surface area (Å²) >= 11 is 0. The van der Waals surface area contributed by atoms with E-state index in [4.69, 9.17) is 4.74 Å². The predicted octanol–water partition coefficient (Wildman–Crippen LogP) is 3.15. The highest BCUT2D eigenvalue weighted by Crippen LogP contribution is 2.10. The lowest BCUT2D eigenvalue weighted by Gasteiger charge is -2.21. The molecule has 0 saturated heterocycles. The molecule has 0 aliphatic rings. The first-order valence-corrected chi connectivity index (χ1v) is 6.25. The van der Waals surface area contributed by atoms with Crippen molar-refractivity contribution in [2.45, 2.75) is 39.3 Å². The van der Waals surface area contributed by atoms with Gasteiger partial charge in [-0.05, 0) is 52.0 Å². The SMILES string of the molecule is CC(CNC(=O)OC(C)(C)C)Nc1ccc(F)cc1. The summed E-state index contributed by atoms with van der Waals surface area (Å²) in [6.45, 7) is 7.78. The van der Waals surface area contributed by atoms with Crippen LogP contribution in [0.5, 0.6) is 0 Å². The van der Waals surface area contributed by atoms with Crippen molar-refractivity contribution in [1.82, 2.24) is 5.32 Å². The van der Waals surface area contributed by atoms with E-state index < -0.39 is 11.7 Å². The minimum Gasteiger partial charge on any atom is -0.444 e. The molecule has 5 heteroatoms. The first kappa shape index (κ1) is 15.3. The number of anilines is 1. The van der Waals surface area contributed by atoms with Gasteiger partial charge in [-0.25, -0.2) is 9.18 Å². The fourth-order valence-electron chi connectivity index (χ4n) is 1.43. The molecule has 1 rings (SSSR count). The Morgan fingerprint density at radius 3 is 2.42 bits per heavy atom. The van der Waals surface area contributed by atoms with Crippen molar-refractivity contribution >= 4 is 11.8 Å². The van der Waals surface area contributed by atoms with Crippen LogP contribution in [0.15, 0.2) is 24.3 Å². The Hall–Kier alpha value is -1.78. The molecule has 0 saturated carbocycles. The van der Waals surface area contributed by atoms with Crippen molar-refractivity contribution in [3.63, 3.8) is 0 Å². The van der Waals surface area contributed by atoms with Gasteiger partial charge < -0.3 is 15.4 Å². The van der Waals surface area contributed by atoms with Gasteiger partial charge in [0.1, 0.15) is 11.4 Å². The Morgan fingerprint density at radius 1 is 1.32 bits per heavy atom. The van der Waals surface area contributed by atoms with Crippen molar-refractivity contribution in [3.8, 4) is 0 Å². The Labute approximate surface area is 113 Å². The molecule has 0 aromatic heterocycles. The van der Waals surface area contributed by atoms with Gasteiger partial charge in [-0.15, -0.1) is 0 Å². The fraction of sp³-hybridized carbons (Fsp3) is 0.500. The van der Waals surface area contributed by atoms with Gasteiger partial charge in [0, 0.05) is 18.3 Å². The number of amides is 1. The van der Waals surface area contributed by atoms with E-state index in [1.807, 2.05) is 27.7 Å². The quantitative estimate of drug-likeness (QED) is 0.882. The smallest absolute Gasteiger partial charge is 0.407 e. The highest BCUT2D eigenvalue weighted by Gasteiger charge is 2.16. The fourth-order valence-corrected chi connectivity index (χ4v) is 1.43. The number of alkyl carbamates (subject to hydrolysis) is 1. The van der Waals surface area contributed by atoms with Crippen molar-refractivity contribution in [2.75, 3.05) is 11.9 Å². The van der Waals surface area contributed by atoms with Gasteiger partial charge in [0.2, 0.25) is 0 Å². The standard InChI is InChI=1S/C14H21FN2O2/c1-10(9-16-13(18)19-14(2,3)4)17-12-7-5-11(15)6-8-12/h5-8,10,17H,9H2,1-4H3,(H,16,18). The van der Waals surface area contributed by atoms with E-state index in [1.54, 1.807) is 12.1 Å². The molecule has 0 fully saturated rings. The topological polar surface area (TPSA) is 50.4 Å². The molecule has 0 bridgehead atoms. The Kier molecular flexibility index (Phi) is 5.15. The highest BCUT2D eigenvalue weighted by molar-refractivity contribution is 5.67. The molecule has 0 spiro atoms. The van der Waals surface area contributed by atoms with Crippen LogP contribution in [-0.4, -0.2) is 24.3 Å². The molecular weight excluding hydrogens is 247 g/mol. The molecule has 0 radical (unpaired) electrons. The van der Waals surface area contributed by atoms with Crippen LogP contribution in [0.3, 0.4) is 0 Å². The number of nitrogens with one attached hydrogen (secondary N) is 2. The molecule has 19 heavy (non-hydrogen) atoms. The van der Waals surface area contributed by atoms with Crippen LogP contribution in [0.4, 0.5) is 14.9 Å². The number of halogens is 1. The van der Waals surface area contributed by atoms with E-state index in [1.165, 1.54) is 12.1 Å². The average Bonchev–Trinajstić information content (AvgIpc) is 2.27. The first-order chi connectivity index (χ1) is 8.76. The van der Waals surface area contributed by atoms with E-state index in [9.17, 15) is 9.18 Å². The lowest BCUT2D eigenvalue weighted by molar-refractivity contribution is 0.0526. The lowest BCUT2D eigenvalue weighted by atomic mass is 10.2. The van der Waals surface area contributed by atoms with Gasteiger partial charge in [0.15, 0.2) is 0 Å². The summed E-state index contributed by atoms with van der Waals surface area (Å²) in [5, 5.41) is 5.82. The first-order valence-electron chi connectivity index (χ1n) is 6.25. The van der Waals surface area contributed by atoms with E-state index >= 15 is 0 Å². The summed E-state index contributed by atoms with van der Waals surface area (Å²) in [5.74, 6) is -0.273. The van der Waals surface area contributed by atoms with Gasteiger partial charge in [-0.1, -0.05) is 0 Å². The zero-order valence-electron chi connectivity index (χ0n) is 11.8. The van der Waals surface area contributed by atoms with E-state index in [0.29, 0.717) is 6.54 Å². The van der Waals surface area contributed by atoms with Gasteiger partial charge in [0.25, 0.3) is 0 Å². The molecule has 2 N–H and O–H groups in total. The third kappa shape index (κ3) is 6.64. The lowest BCUT2D eigenvalue weighted by Crippen LogP contribution is -2.38. The van der Waals surface area contributed by atoms with Crippen LogP contribution >= 0.6 is 0 Å². The van der Waals surface area contributed by atoms with Gasteiger partial charge >= 0.3 is 6.09 Å². The molecule has 0 aliphatic carbocycles. The summed E-state index contributed by atoms with van der Waals surface area (Å²) in [5.41, 5.74) is 0.303. The average molecular weight is 268 g/mol. The third-order valence-corrected chi connectivity index (χ3v) is 2.21. The van der Waals surface area contributed by atoms with Crippen LogP contribution in [0.25, 0.3) is 0 Å². The molecule has 1 aromatic carbocycles. The Balaban J connectivity index is 2.33. The van der Waals surface area contributed by atoms with Crippen molar-refractivity contribution in [2.24, 2.45) is 0 Å². The number of carbonyl (C=O) groups is 1. The number of hydrogen-bond acceptors (Lipinski definition) is 3. The molecule has 1 amide bonds. The maximum absolute atomic E-state index is 12.7. The molecule has 1 unspecified atom stereocenters. The highest BCUT2D eigenvalue weighted by atomic mass is 19.1. The van der Waals surface area contributed by atoms with Crippen LogP contribution in [0, 0.1) is 5.82 Å². The number of carbonyl (C=O) groups excluding carboxylic acids is 1. The minimum absolute atomic E-state index is 0.0120. The molecular formula is C14H21FN2O2. The zero-order chi connectivity index (χ0) is 14.5. The second-order valence-corrected chi connectivity index (χ2v) is 5.44. The second kappa shape index (κ2) is 6.41. The van der Waals surface area contributed by atoms with Crippen molar-refractivity contribution < 1.29 is 13.9 Å². The summed E-state index contributed by atoms with van der Waals surface area (Å²) < 4.78 is 17.9. The maximum Gasteiger partial charge on any atom is 0.407 e. The van der Waals surface area contributed by atoms with Crippen LogP contribution in [-0.2, 0) is 4.74 Å². The summed E-state index contributed by atoms with van der Waals surface area (Å²) in [7, 11) is 0. The van der Waals surface area contributed by atoms with Gasteiger partial charge in [0.05, 0.1) is 0 Å².